The third kappa shape index (κ3) is 4.51. The molecule has 88 valence electrons. The number of aliphatic hydroxyl groups excluding tert-OH is 1. The maximum Gasteiger partial charge on any atom is 0.407 e. The number of carbonyl (C=O) groups excluding carboxylic acids is 1. The van der Waals surface area contributed by atoms with E-state index < -0.39 is 0 Å². The van der Waals surface area contributed by atoms with Gasteiger partial charge in [-0.05, 0) is 18.8 Å². The summed E-state index contributed by atoms with van der Waals surface area (Å²) >= 11 is 0. The van der Waals surface area contributed by atoms with E-state index in [1.807, 2.05) is 13.8 Å². The van der Waals surface area contributed by atoms with Crippen molar-refractivity contribution < 1.29 is 14.6 Å². The topological polar surface area (TPSA) is 58.6 Å². The second-order valence-corrected chi connectivity index (χ2v) is 4.63. The Labute approximate surface area is 91.0 Å². The molecule has 0 aromatic rings. The zero-order valence-electron chi connectivity index (χ0n) is 9.53. The molecule has 4 heteroatoms. The van der Waals surface area contributed by atoms with Gasteiger partial charge in [-0.3, -0.25) is 0 Å². The number of nitrogens with one attached hydrogen (secondary N) is 1. The van der Waals surface area contributed by atoms with E-state index in [0.29, 0.717) is 19.1 Å². The van der Waals surface area contributed by atoms with Crippen LogP contribution in [0.1, 0.15) is 33.1 Å². The summed E-state index contributed by atoms with van der Waals surface area (Å²) in [7, 11) is 0. The van der Waals surface area contributed by atoms with Crippen molar-refractivity contribution >= 4 is 6.09 Å². The summed E-state index contributed by atoms with van der Waals surface area (Å²) < 4.78 is 4.97. The standard InChI is InChI=1S/C11H21NO3/c1-8(2)7-15-11(14)12-6-9-4-3-5-10(9)13/h8-10,13H,3-7H2,1-2H3,(H,12,14). The highest BCUT2D eigenvalue weighted by Crippen LogP contribution is 2.24. The molecular formula is C11H21NO3. The summed E-state index contributed by atoms with van der Waals surface area (Å²) in [6.45, 7) is 4.96. The number of ether oxygens (including phenoxy) is 1. The molecule has 0 bridgehead atoms. The molecule has 2 N–H and O–H groups in total. The SMILES string of the molecule is CC(C)COC(=O)NCC1CCCC1O. The molecule has 15 heavy (non-hydrogen) atoms. The fourth-order valence-corrected chi connectivity index (χ4v) is 1.76. The lowest BCUT2D eigenvalue weighted by Gasteiger charge is -2.15. The van der Waals surface area contributed by atoms with Gasteiger partial charge in [-0.2, -0.15) is 0 Å². The molecule has 0 heterocycles. The van der Waals surface area contributed by atoms with E-state index in [0.717, 1.165) is 19.3 Å². The number of alkyl carbamates (subject to hydrolysis) is 1. The first-order chi connectivity index (χ1) is 7.09. The van der Waals surface area contributed by atoms with Crippen LogP contribution in [0.25, 0.3) is 0 Å². The number of carbonyl (C=O) groups is 1. The highest BCUT2D eigenvalue weighted by Gasteiger charge is 2.25. The molecule has 2 atom stereocenters. The number of rotatable bonds is 4. The number of hydrogen-bond acceptors (Lipinski definition) is 3. The summed E-state index contributed by atoms with van der Waals surface area (Å²) in [6, 6.07) is 0. The minimum absolute atomic E-state index is 0.205. The van der Waals surface area contributed by atoms with Gasteiger partial charge in [-0.15, -0.1) is 0 Å². The fraction of sp³-hybridized carbons (Fsp3) is 0.909. The Balaban J connectivity index is 2.11. The maximum atomic E-state index is 11.2. The van der Waals surface area contributed by atoms with E-state index in [1.165, 1.54) is 0 Å². The van der Waals surface area contributed by atoms with Crippen LogP contribution in [0.15, 0.2) is 0 Å². The molecule has 0 aromatic heterocycles. The van der Waals surface area contributed by atoms with Gasteiger partial charge in [0.05, 0.1) is 12.7 Å². The van der Waals surface area contributed by atoms with Crippen molar-refractivity contribution in [1.29, 1.82) is 0 Å². The van der Waals surface area contributed by atoms with Gasteiger partial charge in [0, 0.05) is 12.5 Å². The number of hydrogen-bond donors (Lipinski definition) is 2. The maximum absolute atomic E-state index is 11.2. The second-order valence-electron chi connectivity index (χ2n) is 4.63. The van der Waals surface area contributed by atoms with Gasteiger partial charge < -0.3 is 15.2 Å². The summed E-state index contributed by atoms with van der Waals surface area (Å²) in [4.78, 5) is 11.2. The molecule has 0 spiro atoms. The van der Waals surface area contributed by atoms with Crippen LogP contribution < -0.4 is 5.32 Å². The molecule has 1 fully saturated rings. The Bertz CT molecular complexity index is 206. The van der Waals surface area contributed by atoms with Crippen LogP contribution in [0, 0.1) is 11.8 Å². The molecule has 1 rings (SSSR count). The average molecular weight is 215 g/mol. The molecule has 1 saturated carbocycles. The molecule has 1 aliphatic rings. The van der Waals surface area contributed by atoms with Gasteiger partial charge in [-0.25, -0.2) is 4.79 Å². The average Bonchev–Trinajstić information content (AvgIpc) is 2.58. The highest BCUT2D eigenvalue weighted by molar-refractivity contribution is 5.67. The summed E-state index contributed by atoms with van der Waals surface area (Å²) in [5.41, 5.74) is 0. The van der Waals surface area contributed by atoms with Crippen LogP contribution in [-0.4, -0.2) is 30.5 Å². The third-order valence-corrected chi connectivity index (χ3v) is 2.68. The van der Waals surface area contributed by atoms with E-state index in [9.17, 15) is 9.90 Å². The van der Waals surface area contributed by atoms with Gasteiger partial charge in [0.2, 0.25) is 0 Å². The molecule has 1 amide bonds. The second kappa shape index (κ2) is 5.95. The smallest absolute Gasteiger partial charge is 0.407 e. The van der Waals surface area contributed by atoms with Crippen molar-refractivity contribution in [3.05, 3.63) is 0 Å². The van der Waals surface area contributed by atoms with Crippen molar-refractivity contribution in [1.82, 2.24) is 5.32 Å². The Morgan fingerprint density at radius 2 is 2.27 bits per heavy atom. The Morgan fingerprint density at radius 1 is 1.53 bits per heavy atom. The lowest BCUT2D eigenvalue weighted by atomic mass is 10.1. The highest BCUT2D eigenvalue weighted by atomic mass is 16.5. The predicted octanol–water partition coefficient (Wildman–Crippen LogP) is 1.53. The fourth-order valence-electron chi connectivity index (χ4n) is 1.76. The Kier molecular flexibility index (Phi) is 4.88. The number of amides is 1. The van der Waals surface area contributed by atoms with Gasteiger partial charge in [0.25, 0.3) is 0 Å². The van der Waals surface area contributed by atoms with E-state index in [4.69, 9.17) is 4.74 Å². The summed E-state index contributed by atoms with van der Waals surface area (Å²) in [5, 5.41) is 12.2. The van der Waals surface area contributed by atoms with E-state index in [-0.39, 0.29) is 18.1 Å². The quantitative estimate of drug-likeness (QED) is 0.747. The minimum Gasteiger partial charge on any atom is -0.449 e. The largest absolute Gasteiger partial charge is 0.449 e. The zero-order chi connectivity index (χ0) is 11.3. The lowest BCUT2D eigenvalue weighted by molar-refractivity contribution is 0.115. The van der Waals surface area contributed by atoms with Gasteiger partial charge in [0.15, 0.2) is 0 Å². The normalized spacial score (nSPS) is 25.6. The summed E-state index contributed by atoms with van der Waals surface area (Å²) in [6.07, 6.45) is 2.27. The van der Waals surface area contributed by atoms with Crippen molar-refractivity contribution in [2.75, 3.05) is 13.2 Å². The van der Waals surface area contributed by atoms with Crippen LogP contribution in [-0.2, 0) is 4.74 Å². The van der Waals surface area contributed by atoms with E-state index >= 15 is 0 Å². The lowest BCUT2D eigenvalue weighted by Crippen LogP contribution is -2.33. The first kappa shape index (κ1) is 12.3. The molecule has 1 aliphatic carbocycles. The molecule has 0 saturated heterocycles. The first-order valence-corrected chi connectivity index (χ1v) is 5.68. The molecule has 0 aromatic carbocycles. The van der Waals surface area contributed by atoms with Gasteiger partial charge in [0.1, 0.15) is 0 Å². The molecule has 0 radical (unpaired) electrons. The van der Waals surface area contributed by atoms with Crippen molar-refractivity contribution in [3.8, 4) is 0 Å². The van der Waals surface area contributed by atoms with Crippen molar-refractivity contribution in [3.63, 3.8) is 0 Å². The monoisotopic (exact) mass is 215 g/mol. The molecular weight excluding hydrogens is 194 g/mol. The number of aliphatic hydroxyl groups is 1. The molecule has 2 unspecified atom stereocenters. The van der Waals surface area contributed by atoms with Gasteiger partial charge in [-0.1, -0.05) is 20.3 Å². The van der Waals surface area contributed by atoms with Gasteiger partial charge >= 0.3 is 6.09 Å². The predicted molar refractivity (Wildman–Crippen MR) is 57.5 cm³/mol. The third-order valence-electron chi connectivity index (χ3n) is 2.68. The molecule has 0 aliphatic heterocycles. The zero-order valence-corrected chi connectivity index (χ0v) is 9.53. The van der Waals surface area contributed by atoms with Crippen LogP contribution in [0.5, 0.6) is 0 Å². The van der Waals surface area contributed by atoms with E-state index in [1.54, 1.807) is 0 Å². The Hall–Kier alpha value is -0.770. The van der Waals surface area contributed by atoms with E-state index in [2.05, 4.69) is 5.32 Å². The Morgan fingerprint density at radius 3 is 2.80 bits per heavy atom. The van der Waals surface area contributed by atoms with Crippen LogP contribution in [0.3, 0.4) is 0 Å². The van der Waals surface area contributed by atoms with Crippen LogP contribution in [0.2, 0.25) is 0 Å². The first-order valence-electron chi connectivity index (χ1n) is 5.68. The van der Waals surface area contributed by atoms with Crippen molar-refractivity contribution in [2.45, 2.75) is 39.2 Å². The van der Waals surface area contributed by atoms with Crippen LogP contribution in [0.4, 0.5) is 4.79 Å². The summed E-state index contributed by atoms with van der Waals surface area (Å²) in [5.74, 6) is 0.560. The molecule has 4 nitrogen and oxygen atoms in total. The minimum atomic E-state index is -0.372. The van der Waals surface area contributed by atoms with Crippen molar-refractivity contribution in [2.24, 2.45) is 11.8 Å². The van der Waals surface area contributed by atoms with Crippen LogP contribution >= 0.6 is 0 Å².